The second-order valence-electron chi connectivity index (χ2n) is 4.71. The second-order valence-corrected chi connectivity index (χ2v) is 5.08. The van der Waals surface area contributed by atoms with E-state index in [0.717, 1.165) is 38.2 Å². The highest BCUT2D eigenvalue weighted by molar-refractivity contribution is 6.17. The topological polar surface area (TPSA) is 34.6 Å². The fourth-order valence-corrected chi connectivity index (χ4v) is 2.42. The summed E-state index contributed by atoms with van der Waals surface area (Å²) in [7, 11) is 1.64. The third-order valence-electron chi connectivity index (χ3n) is 3.34. The average molecular weight is 285 g/mol. The molecule has 0 unspecified atom stereocenters. The Balaban J connectivity index is 1.78. The van der Waals surface area contributed by atoms with Crippen LogP contribution in [0.3, 0.4) is 0 Å². The molecule has 5 heteroatoms. The van der Waals surface area contributed by atoms with E-state index in [1.54, 1.807) is 7.11 Å². The zero-order chi connectivity index (χ0) is 13.5. The number of pyridine rings is 1. The van der Waals surface area contributed by atoms with Gasteiger partial charge in [0.2, 0.25) is 5.88 Å². The molecular formula is C14H21ClN2O2. The minimum Gasteiger partial charge on any atom is -0.481 e. The molecule has 0 aromatic carbocycles. The molecular weight excluding hydrogens is 264 g/mol. The number of aromatic nitrogens is 1. The summed E-state index contributed by atoms with van der Waals surface area (Å²) in [6.45, 7) is 3.63. The van der Waals surface area contributed by atoms with Crippen molar-refractivity contribution >= 4 is 11.6 Å². The Kier molecular flexibility index (Phi) is 5.89. The van der Waals surface area contributed by atoms with Crippen LogP contribution in [0.1, 0.15) is 18.5 Å². The van der Waals surface area contributed by atoms with Crippen LogP contribution in [0.15, 0.2) is 18.2 Å². The van der Waals surface area contributed by atoms with Crippen molar-refractivity contribution in [3.8, 4) is 5.88 Å². The van der Waals surface area contributed by atoms with E-state index in [1.165, 1.54) is 0 Å². The van der Waals surface area contributed by atoms with Crippen molar-refractivity contribution in [3.63, 3.8) is 0 Å². The number of piperidine rings is 1. The zero-order valence-corrected chi connectivity index (χ0v) is 12.1. The number of rotatable bonds is 6. The van der Waals surface area contributed by atoms with E-state index in [1.807, 2.05) is 18.2 Å². The van der Waals surface area contributed by atoms with E-state index in [4.69, 9.17) is 21.1 Å². The summed E-state index contributed by atoms with van der Waals surface area (Å²) in [6.07, 6.45) is 2.51. The van der Waals surface area contributed by atoms with Crippen molar-refractivity contribution in [2.45, 2.75) is 25.5 Å². The fourth-order valence-electron chi connectivity index (χ4n) is 2.33. The van der Waals surface area contributed by atoms with E-state index >= 15 is 0 Å². The molecule has 1 aromatic rings. The Bertz CT molecular complexity index is 381. The first-order valence-corrected chi connectivity index (χ1v) is 7.25. The van der Waals surface area contributed by atoms with Crippen molar-refractivity contribution < 1.29 is 9.47 Å². The molecule has 0 bridgehead atoms. The minimum atomic E-state index is 0.369. The molecule has 1 aliphatic heterocycles. The highest BCUT2D eigenvalue weighted by Crippen LogP contribution is 2.16. The zero-order valence-electron chi connectivity index (χ0n) is 11.3. The Hall–Kier alpha value is -0.840. The summed E-state index contributed by atoms with van der Waals surface area (Å²) in [5.41, 5.74) is 1.06. The van der Waals surface area contributed by atoms with Crippen molar-refractivity contribution in [3.05, 3.63) is 23.9 Å². The Morgan fingerprint density at radius 2 is 2.16 bits per heavy atom. The molecule has 2 rings (SSSR count). The second kappa shape index (κ2) is 7.68. The molecule has 1 saturated heterocycles. The molecule has 19 heavy (non-hydrogen) atoms. The van der Waals surface area contributed by atoms with E-state index in [2.05, 4.69) is 9.88 Å². The van der Waals surface area contributed by atoms with Crippen LogP contribution in [0.5, 0.6) is 5.88 Å². The predicted molar refractivity (Wildman–Crippen MR) is 75.8 cm³/mol. The van der Waals surface area contributed by atoms with Crippen molar-refractivity contribution in [2.75, 3.05) is 32.7 Å². The number of halogens is 1. The van der Waals surface area contributed by atoms with Gasteiger partial charge in [0.1, 0.15) is 0 Å². The van der Waals surface area contributed by atoms with Crippen LogP contribution in [0, 0.1) is 0 Å². The maximum Gasteiger partial charge on any atom is 0.213 e. The van der Waals surface area contributed by atoms with Gasteiger partial charge in [0.05, 0.1) is 25.5 Å². The maximum atomic E-state index is 5.67. The molecule has 0 radical (unpaired) electrons. The van der Waals surface area contributed by atoms with Gasteiger partial charge in [-0.1, -0.05) is 6.07 Å². The normalized spacial score (nSPS) is 17.6. The molecule has 1 aromatic heterocycles. The average Bonchev–Trinajstić information content (AvgIpc) is 2.47. The fraction of sp³-hybridized carbons (Fsp3) is 0.643. The van der Waals surface area contributed by atoms with Gasteiger partial charge >= 0.3 is 0 Å². The van der Waals surface area contributed by atoms with E-state index in [9.17, 15) is 0 Å². The monoisotopic (exact) mass is 284 g/mol. The summed E-state index contributed by atoms with van der Waals surface area (Å²) in [5, 5.41) is 0. The van der Waals surface area contributed by atoms with Crippen LogP contribution < -0.4 is 4.74 Å². The number of hydrogen-bond donors (Lipinski definition) is 0. The van der Waals surface area contributed by atoms with Crippen molar-refractivity contribution in [2.24, 2.45) is 0 Å². The van der Waals surface area contributed by atoms with E-state index < -0.39 is 0 Å². The van der Waals surface area contributed by atoms with Gasteiger partial charge in [-0.15, -0.1) is 11.6 Å². The maximum absolute atomic E-state index is 5.67. The predicted octanol–water partition coefficient (Wildman–Crippen LogP) is 2.31. The molecule has 1 aliphatic rings. The van der Waals surface area contributed by atoms with E-state index in [-0.39, 0.29) is 0 Å². The SMILES string of the molecule is COc1cccc(CN2CCC(OCCCl)CC2)n1. The molecule has 4 nitrogen and oxygen atoms in total. The molecule has 1 fully saturated rings. The van der Waals surface area contributed by atoms with Gasteiger partial charge in [0.15, 0.2) is 0 Å². The van der Waals surface area contributed by atoms with Gasteiger partial charge in [0, 0.05) is 31.6 Å². The molecule has 0 aliphatic carbocycles. The molecule has 106 valence electrons. The molecule has 2 heterocycles. The molecule has 0 N–H and O–H groups in total. The smallest absolute Gasteiger partial charge is 0.213 e. The number of hydrogen-bond acceptors (Lipinski definition) is 4. The van der Waals surface area contributed by atoms with Gasteiger partial charge in [-0.2, -0.15) is 0 Å². The van der Waals surface area contributed by atoms with Crippen molar-refractivity contribution in [1.29, 1.82) is 0 Å². The third kappa shape index (κ3) is 4.64. The summed E-state index contributed by atoms with van der Waals surface area (Å²) < 4.78 is 10.8. The third-order valence-corrected chi connectivity index (χ3v) is 3.50. The van der Waals surface area contributed by atoms with E-state index in [0.29, 0.717) is 24.5 Å². The van der Waals surface area contributed by atoms with Crippen LogP contribution >= 0.6 is 11.6 Å². The Labute approximate surface area is 119 Å². The first-order chi connectivity index (χ1) is 9.31. The molecule has 0 amide bonds. The van der Waals surface area contributed by atoms with Crippen LogP contribution in [0.4, 0.5) is 0 Å². The van der Waals surface area contributed by atoms with Gasteiger partial charge in [0.25, 0.3) is 0 Å². The highest BCUT2D eigenvalue weighted by Gasteiger charge is 2.19. The standard InChI is InChI=1S/C14H21ClN2O2/c1-18-14-4-2-3-12(16-14)11-17-8-5-13(6-9-17)19-10-7-15/h2-4,13H,5-11H2,1H3. The van der Waals surface area contributed by atoms with Crippen LogP contribution in [0.2, 0.25) is 0 Å². The molecule has 0 saturated carbocycles. The summed E-state index contributed by atoms with van der Waals surface area (Å²) in [6, 6.07) is 5.89. The lowest BCUT2D eigenvalue weighted by molar-refractivity contribution is 0.0132. The Morgan fingerprint density at radius 1 is 1.37 bits per heavy atom. The van der Waals surface area contributed by atoms with Crippen molar-refractivity contribution in [1.82, 2.24) is 9.88 Å². The van der Waals surface area contributed by atoms with Gasteiger partial charge < -0.3 is 9.47 Å². The lowest BCUT2D eigenvalue weighted by Gasteiger charge is -2.31. The highest BCUT2D eigenvalue weighted by atomic mass is 35.5. The van der Waals surface area contributed by atoms with Gasteiger partial charge in [-0.3, -0.25) is 4.90 Å². The number of alkyl halides is 1. The van der Waals surface area contributed by atoms with Gasteiger partial charge in [-0.05, 0) is 18.9 Å². The summed E-state index contributed by atoms with van der Waals surface area (Å²) in [4.78, 5) is 6.85. The molecule has 0 spiro atoms. The first-order valence-electron chi connectivity index (χ1n) is 6.71. The largest absolute Gasteiger partial charge is 0.481 e. The summed E-state index contributed by atoms with van der Waals surface area (Å²) in [5.74, 6) is 1.26. The number of likely N-dealkylation sites (tertiary alicyclic amines) is 1. The number of nitrogens with zero attached hydrogens (tertiary/aromatic N) is 2. The summed E-state index contributed by atoms with van der Waals surface area (Å²) >= 11 is 5.63. The molecule has 0 atom stereocenters. The number of ether oxygens (including phenoxy) is 2. The van der Waals surface area contributed by atoms with Crippen LogP contribution in [-0.2, 0) is 11.3 Å². The number of methoxy groups -OCH3 is 1. The Morgan fingerprint density at radius 3 is 2.84 bits per heavy atom. The minimum absolute atomic E-state index is 0.369. The van der Waals surface area contributed by atoms with Crippen LogP contribution in [-0.4, -0.2) is 48.7 Å². The van der Waals surface area contributed by atoms with Gasteiger partial charge in [-0.25, -0.2) is 4.98 Å². The van der Waals surface area contributed by atoms with Crippen LogP contribution in [0.25, 0.3) is 0 Å². The lowest BCUT2D eigenvalue weighted by atomic mass is 10.1. The lowest BCUT2D eigenvalue weighted by Crippen LogP contribution is -2.37. The first kappa shape index (κ1) is 14.6. The quantitative estimate of drug-likeness (QED) is 0.751.